The predicted octanol–water partition coefficient (Wildman–Crippen LogP) is 5.00. The average Bonchev–Trinajstić information content (AvgIpc) is 3.68. The number of para-hydroxylation sites is 2. The second-order valence-electron chi connectivity index (χ2n) is 11.6. The largest absolute Gasteiger partial charge is 0.350 e. The van der Waals surface area contributed by atoms with Gasteiger partial charge in [0.2, 0.25) is 0 Å². The molecule has 6 heteroatoms. The van der Waals surface area contributed by atoms with Crippen LogP contribution in [0.3, 0.4) is 0 Å². The van der Waals surface area contributed by atoms with Gasteiger partial charge in [-0.05, 0) is 36.0 Å². The van der Waals surface area contributed by atoms with Gasteiger partial charge in [-0.15, -0.1) is 0 Å². The Labute approximate surface area is 232 Å². The molecular formula is C34H30N4O2. The SMILES string of the molecule is Cn1cc(C2=C(c3c4n(c5ccccc35)CC3CN(Cc5ccccc5)CC3C4)C(=O)NC2=O)c2ccccc21. The van der Waals surface area contributed by atoms with Crippen LogP contribution < -0.4 is 5.32 Å². The van der Waals surface area contributed by atoms with Crippen LogP contribution in [0, 0.1) is 11.8 Å². The molecule has 0 aliphatic carbocycles. The Bertz CT molecular complexity index is 1880. The van der Waals surface area contributed by atoms with Crippen molar-refractivity contribution >= 4 is 44.8 Å². The molecule has 0 radical (unpaired) electrons. The van der Waals surface area contributed by atoms with Crippen LogP contribution >= 0.6 is 0 Å². The van der Waals surface area contributed by atoms with Gasteiger partial charge in [-0.3, -0.25) is 19.8 Å². The molecule has 2 unspecified atom stereocenters. The number of rotatable bonds is 4. The number of hydrogen-bond donors (Lipinski definition) is 1. The third-order valence-electron chi connectivity index (χ3n) is 9.20. The van der Waals surface area contributed by atoms with Crippen molar-refractivity contribution in [2.45, 2.75) is 19.5 Å². The molecule has 0 bridgehead atoms. The summed E-state index contributed by atoms with van der Waals surface area (Å²) in [6, 6.07) is 27.1. The lowest BCUT2D eigenvalue weighted by molar-refractivity contribution is -0.122. The zero-order valence-electron chi connectivity index (χ0n) is 22.4. The van der Waals surface area contributed by atoms with Gasteiger partial charge in [-0.1, -0.05) is 66.7 Å². The number of hydrogen-bond acceptors (Lipinski definition) is 3. The summed E-state index contributed by atoms with van der Waals surface area (Å²) >= 11 is 0. The molecule has 8 rings (SSSR count). The van der Waals surface area contributed by atoms with E-state index in [4.69, 9.17) is 0 Å². The molecule has 0 spiro atoms. The Morgan fingerprint density at radius 3 is 2.25 bits per heavy atom. The van der Waals surface area contributed by atoms with Crippen molar-refractivity contribution in [2.75, 3.05) is 13.1 Å². The molecule has 5 aromatic rings. The number of aryl methyl sites for hydroxylation is 1. The van der Waals surface area contributed by atoms with E-state index >= 15 is 0 Å². The normalized spacial score (nSPS) is 20.9. The number of amides is 2. The zero-order valence-corrected chi connectivity index (χ0v) is 22.4. The van der Waals surface area contributed by atoms with Gasteiger partial charge in [0.1, 0.15) is 0 Å². The van der Waals surface area contributed by atoms with E-state index in [9.17, 15) is 9.59 Å². The van der Waals surface area contributed by atoms with Crippen molar-refractivity contribution in [1.82, 2.24) is 19.4 Å². The average molecular weight is 527 g/mol. The lowest BCUT2D eigenvalue weighted by atomic mass is 9.85. The van der Waals surface area contributed by atoms with Crippen molar-refractivity contribution in [3.8, 4) is 0 Å². The third-order valence-corrected chi connectivity index (χ3v) is 9.20. The standard InChI is InChI=1S/C34H30N4O2/c1-36-20-26(24-11-5-7-13-27(24)36)31-32(34(40)35-33(31)39)30-25-12-6-8-14-28(25)38-19-23-18-37(17-22(23)15-29(30)38)16-21-9-3-2-4-10-21/h2-14,20,22-23H,15-19H2,1H3,(H,35,39,40). The quantitative estimate of drug-likeness (QED) is 0.335. The van der Waals surface area contributed by atoms with E-state index < -0.39 is 0 Å². The minimum atomic E-state index is -0.316. The first-order valence-corrected chi connectivity index (χ1v) is 14.1. The number of nitrogens with one attached hydrogen (secondary N) is 1. The smallest absolute Gasteiger partial charge is 0.259 e. The Balaban J connectivity index is 1.27. The maximum Gasteiger partial charge on any atom is 0.259 e. The van der Waals surface area contributed by atoms with Crippen LogP contribution in [0.1, 0.15) is 22.4 Å². The van der Waals surface area contributed by atoms with E-state index in [0.29, 0.717) is 23.0 Å². The molecule has 2 amide bonds. The highest BCUT2D eigenvalue weighted by atomic mass is 16.2. The van der Waals surface area contributed by atoms with E-state index in [1.807, 2.05) is 48.1 Å². The van der Waals surface area contributed by atoms with Crippen LogP contribution in [-0.4, -0.2) is 38.9 Å². The van der Waals surface area contributed by atoms with Gasteiger partial charge in [-0.2, -0.15) is 0 Å². The fourth-order valence-corrected chi connectivity index (χ4v) is 7.48. The summed E-state index contributed by atoms with van der Waals surface area (Å²) in [5, 5.41) is 4.68. The zero-order chi connectivity index (χ0) is 27.0. The second-order valence-corrected chi connectivity index (χ2v) is 11.6. The highest BCUT2D eigenvalue weighted by Gasteiger charge is 2.42. The molecule has 198 valence electrons. The number of carbonyl (C=O) groups is 2. The van der Waals surface area contributed by atoms with Crippen molar-refractivity contribution in [3.63, 3.8) is 0 Å². The molecule has 2 atom stereocenters. The minimum Gasteiger partial charge on any atom is -0.350 e. The van der Waals surface area contributed by atoms with Gasteiger partial charge in [0.25, 0.3) is 11.8 Å². The van der Waals surface area contributed by atoms with Crippen molar-refractivity contribution in [2.24, 2.45) is 18.9 Å². The maximum atomic E-state index is 13.6. The van der Waals surface area contributed by atoms with E-state index in [0.717, 1.165) is 65.5 Å². The number of likely N-dealkylation sites (tertiary alicyclic amines) is 1. The van der Waals surface area contributed by atoms with Crippen LogP contribution in [0.2, 0.25) is 0 Å². The van der Waals surface area contributed by atoms with Gasteiger partial charge >= 0.3 is 0 Å². The Hall–Kier alpha value is -4.42. The van der Waals surface area contributed by atoms with Gasteiger partial charge in [0, 0.05) is 78.1 Å². The Morgan fingerprint density at radius 2 is 1.43 bits per heavy atom. The number of imide groups is 1. The molecule has 3 aliphatic heterocycles. The number of nitrogens with zero attached hydrogens (tertiary/aromatic N) is 3. The number of aromatic nitrogens is 2. The fraction of sp³-hybridized carbons (Fsp3) is 0.235. The molecular weight excluding hydrogens is 496 g/mol. The molecule has 2 aromatic heterocycles. The van der Waals surface area contributed by atoms with Gasteiger partial charge in [-0.25, -0.2) is 0 Å². The van der Waals surface area contributed by atoms with Gasteiger partial charge in [0.05, 0.1) is 11.1 Å². The summed E-state index contributed by atoms with van der Waals surface area (Å²) in [4.78, 5) is 29.6. The van der Waals surface area contributed by atoms with Crippen molar-refractivity contribution in [1.29, 1.82) is 0 Å². The summed E-state index contributed by atoms with van der Waals surface area (Å²) in [5.41, 5.74) is 7.45. The van der Waals surface area contributed by atoms with Crippen LogP contribution in [0.5, 0.6) is 0 Å². The summed E-state index contributed by atoms with van der Waals surface area (Å²) in [5.74, 6) is 0.460. The van der Waals surface area contributed by atoms with Gasteiger partial charge < -0.3 is 9.13 Å². The monoisotopic (exact) mass is 526 g/mol. The first-order valence-electron chi connectivity index (χ1n) is 14.1. The first kappa shape index (κ1) is 23.5. The molecule has 3 aliphatic rings. The van der Waals surface area contributed by atoms with Crippen LogP contribution in [0.4, 0.5) is 0 Å². The lowest BCUT2D eigenvalue weighted by Gasteiger charge is -2.28. The Kier molecular flexibility index (Phi) is 5.16. The number of fused-ring (bicyclic) bond motifs is 5. The summed E-state index contributed by atoms with van der Waals surface area (Å²) < 4.78 is 4.46. The van der Waals surface area contributed by atoms with Crippen LogP contribution in [-0.2, 0) is 36.1 Å². The highest BCUT2D eigenvalue weighted by molar-refractivity contribution is 6.51. The van der Waals surface area contributed by atoms with E-state index in [1.54, 1.807) is 0 Å². The van der Waals surface area contributed by atoms with Crippen LogP contribution in [0.15, 0.2) is 85.1 Å². The van der Waals surface area contributed by atoms with Crippen molar-refractivity contribution < 1.29 is 9.59 Å². The minimum absolute atomic E-state index is 0.300. The molecule has 0 saturated carbocycles. The van der Waals surface area contributed by atoms with Crippen LogP contribution in [0.25, 0.3) is 33.0 Å². The third kappa shape index (κ3) is 3.45. The topological polar surface area (TPSA) is 59.3 Å². The summed E-state index contributed by atoms with van der Waals surface area (Å²) in [6.07, 6.45) is 2.88. The van der Waals surface area contributed by atoms with E-state index in [1.165, 1.54) is 11.3 Å². The van der Waals surface area contributed by atoms with E-state index in [2.05, 4.69) is 63.3 Å². The summed E-state index contributed by atoms with van der Waals surface area (Å²) in [6.45, 7) is 4.01. The fourth-order valence-electron chi connectivity index (χ4n) is 7.48. The molecule has 5 heterocycles. The molecule has 1 N–H and O–H groups in total. The van der Waals surface area contributed by atoms with E-state index in [-0.39, 0.29) is 11.8 Å². The molecule has 40 heavy (non-hydrogen) atoms. The summed E-state index contributed by atoms with van der Waals surface area (Å²) in [7, 11) is 1.98. The predicted molar refractivity (Wildman–Crippen MR) is 157 cm³/mol. The highest BCUT2D eigenvalue weighted by Crippen LogP contribution is 2.45. The van der Waals surface area contributed by atoms with Gasteiger partial charge in [0.15, 0.2) is 0 Å². The molecule has 3 aromatic carbocycles. The number of carbonyl (C=O) groups excluding carboxylic acids is 2. The molecule has 1 saturated heterocycles. The maximum absolute atomic E-state index is 13.6. The lowest BCUT2D eigenvalue weighted by Crippen LogP contribution is -2.28. The first-order chi connectivity index (χ1) is 19.6. The second kappa shape index (κ2) is 8.80. The van der Waals surface area contributed by atoms with Crippen molar-refractivity contribution in [3.05, 3.63) is 107 Å². The molecule has 1 fully saturated rings. The molecule has 6 nitrogen and oxygen atoms in total. The number of benzene rings is 3. The Morgan fingerprint density at radius 1 is 0.750 bits per heavy atom.